The summed E-state index contributed by atoms with van der Waals surface area (Å²) in [4.78, 5) is 11.4. The molecule has 1 unspecified atom stereocenters. The van der Waals surface area contributed by atoms with E-state index < -0.39 is 5.54 Å². The zero-order chi connectivity index (χ0) is 9.03. The van der Waals surface area contributed by atoms with Gasteiger partial charge in [0.2, 0.25) is 5.91 Å². The Balaban J connectivity index is 2.59. The van der Waals surface area contributed by atoms with Crippen molar-refractivity contribution in [2.24, 2.45) is 0 Å². The lowest BCUT2D eigenvalue weighted by molar-refractivity contribution is -0.126. The lowest BCUT2D eigenvalue weighted by atomic mass is 10.0. The second-order valence-electron chi connectivity index (χ2n) is 3.37. The van der Waals surface area contributed by atoms with Crippen LogP contribution in [0, 0.1) is 0 Å². The van der Waals surface area contributed by atoms with Gasteiger partial charge in [0.25, 0.3) is 0 Å². The number of nitrogens with one attached hydrogen (secondary N) is 3. The highest BCUT2D eigenvalue weighted by Crippen LogP contribution is 2.04. The number of carbonyl (C=O) groups is 1. The van der Waals surface area contributed by atoms with Gasteiger partial charge in [0, 0.05) is 13.6 Å². The van der Waals surface area contributed by atoms with Crippen molar-refractivity contribution in [1.82, 2.24) is 16.0 Å². The Labute approximate surface area is 73.1 Å². The van der Waals surface area contributed by atoms with Crippen molar-refractivity contribution in [3.63, 3.8) is 0 Å². The van der Waals surface area contributed by atoms with Gasteiger partial charge in [-0.05, 0) is 26.4 Å². The summed E-state index contributed by atoms with van der Waals surface area (Å²) in [6.45, 7) is 4.51. The minimum Gasteiger partial charge on any atom is -0.358 e. The normalized spacial score (nSPS) is 30.8. The lowest BCUT2D eigenvalue weighted by Gasteiger charge is -2.26. The van der Waals surface area contributed by atoms with E-state index in [1.807, 2.05) is 6.92 Å². The molecule has 1 aliphatic rings. The highest BCUT2D eigenvalue weighted by Gasteiger charge is 2.32. The van der Waals surface area contributed by atoms with Crippen LogP contribution in [0.25, 0.3) is 0 Å². The van der Waals surface area contributed by atoms with E-state index in [2.05, 4.69) is 16.0 Å². The molecule has 0 aliphatic carbocycles. The van der Waals surface area contributed by atoms with Gasteiger partial charge in [0.05, 0.1) is 0 Å². The van der Waals surface area contributed by atoms with E-state index in [4.69, 9.17) is 0 Å². The van der Waals surface area contributed by atoms with Crippen LogP contribution in [0.4, 0.5) is 0 Å². The third-order valence-electron chi connectivity index (χ3n) is 2.25. The van der Waals surface area contributed by atoms with Crippen molar-refractivity contribution in [2.75, 3.05) is 26.7 Å². The Morgan fingerprint density at radius 3 is 2.92 bits per heavy atom. The van der Waals surface area contributed by atoms with Crippen molar-refractivity contribution < 1.29 is 4.79 Å². The van der Waals surface area contributed by atoms with Crippen LogP contribution in [0.1, 0.15) is 13.3 Å². The predicted molar refractivity (Wildman–Crippen MR) is 48.0 cm³/mol. The highest BCUT2D eigenvalue weighted by molar-refractivity contribution is 5.85. The summed E-state index contributed by atoms with van der Waals surface area (Å²) in [6.07, 6.45) is 1.08. The molecule has 1 saturated heterocycles. The maximum Gasteiger partial charge on any atom is 0.241 e. The highest BCUT2D eigenvalue weighted by atomic mass is 16.2. The minimum atomic E-state index is -0.439. The molecule has 0 aromatic rings. The van der Waals surface area contributed by atoms with Gasteiger partial charge in [-0.15, -0.1) is 0 Å². The molecule has 0 bridgehead atoms. The van der Waals surface area contributed by atoms with E-state index in [9.17, 15) is 4.79 Å². The quantitative estimate of drug-likeness (QED) is 0.478. The Hall–Kier alpha value is -0.610. The van der Waals surface area contributed by atoms with Gasteiger partial charge < -0.3 is 16.0 Å². The summed E-state index contributed by atoms with van der Waals surface area (Å²) in [6, 6.07) is 0. The van der Waals surface area contributed by atoms with E-state index in [1.165, 1.54) is 0 Å². The summed E-state index contributed by atoms with van der Waals surface area (Å²) < 4.78 is 0. The lowest BCUT2D eigenvalue weighted by Crippen LogP contribution is -2.58. The monoisotopic (exact) mass is 171 g/mol. The maximum absolute atomic E-state index is 11.4. The molecule has 1 heterocycles. The van der Waals surface area contributed by atoms with E-state index >= 15 is 0 Å². The number of carbonyl (C=O) groups excluding carboxylic acids is 1. The molecule has 3 N–H and O–H groups in total. The molecule has 1 aliphatic heterocycles. The molecular formula is C8H17N3O. The number of hydrogen-bond donors (Lipinski definition) is 3. The molecular weight excluding hydrogens is 154 g/mol. The van der Waals surface area contributed by atoms with Crippen LogP contribution >= 0.6 is 0 Å². The number of rotatable bonds is 1. The van der Waals surface area contributed by atoms with E-state index in [-0.39, 0.29) is 5.91 Å². The van der Waals surface area contributed by atoms with Crippen molar-refractivity contribution in [3.05, 3.63) is 0 Å². The molecule has 0 aromatic carbocycles. The number of likely N-dealkylation sites (N-methyl/N-ethyl adjacent to an activating group) is 1. The Morgan fingerprint density at radius 1 is 1.50 bits per heavy atom. The van der Waals surface area contributed by atoms with Gasteiger partial charge in [-0.2, -0.15) is 0 Å². The SMILES string of the molecule is CNC(=O)C1(C)CNCCCN1. The zero-order valence-electron chi connectivity index (χ0n) is 7.74. The summed E-state index contributed by atoms with van der Waals surface area (Å²) in [5.74, 6) is 0.0527. The van der Waals surface area contributed by atoms with Gasteiger partial charge in [0.1, 0.15) is 5.54 Å². The molecule has 0 radical (unpaired) electrons. The predicted octanol–water partition coefficient (Wildman–Crippen LogP) is -0.926. The van der Waals surface area contributed by atoms with Crippen LogP contribution in [-0.2, 0) is 4.79 Å². The van der Waals surface area contributed by atoms with Gasteiger partial charge in [-0.25, -0.2) is 0 Å². The number of hydrogen-bond acceptors (Lipinski definition) is 3. The van der Waals surface area contributed by atoms with E-state index in [0.717, 1.165) is 19.5 Å². The molecule has 1 fully saturated rings. The summed E-state index contributed by atoms with van der Waals surface area (Å²) in [5.41, 5.74) is -0.439. The molecule has 0 spiro atoms. The zero-order valence-corrected chi connectivity index (χ0v) is 7.74. The average Bonchev–Trinajstić information content (AvgIpc) is 2.29. The Morgan fingerprint density at radius 2 is 2.25 bits per heavy atom. The van der Waals surface area contributed by atoms with Crippen molar-refractivity contribution >= 4 is 5.91 Å². The number of amides is 1. The van der Waals surface area contributed by atoms with Gasteiger partial charge >= 0.3 is 0 Å². The first-order chi connectivity index (χ1) is 5.69. The summed E-state index contributed by atoms with van der Waals surface area (Å²) in [5, 5.41) is 9.13. The Bertz CT molecular complexity index is 162. The molecule has 12 heavy (non-hydrogen) atoms. The first-order valence-electron chi connectivity index (χ1n) is 4.37. The average molecular weight is 171 g/mol. The largest absolute Gasteiger partial charge is 0.358 e. The van der Waals surface area contributed by atoms with E-state index in [1.54, 1.807) is 7.05 Å². The topological polar surface area (TPSA) is 53.2 Å². The molecule has 0 saturated carbocycles. The van der Waals surface area contributed by atoms with Crippen LogP contribution in [-0.4, -0.2) is 38.1 Å². The van der Waals surface area contributed by atoms with Crippen molar-refractivity contribution in [3.8, 4) is 0 Å². The van der Waals surface area contributed by atoms with Crippen LogP contribution in [0.3, 0.4) is 0 Å². The minimum absolute atomic E-state index is 0.0527. The fourth-order valence-electron chi connectivity index (χ4n) is 1.41. The van der Waals surface area contributed by atoms with E-state index in [0.29, 0.717) is 6.54 Å². The van der Waals surface area contributed by atoms with Crippen molar-refractivity contribution in [2.45, 2.75) is 18.9 Å². The second-order valence-corrected chi connectivity index (χ2v) is 3.37. The first-order valence-corrected chi connectivity index (χ1v) is 4.37. The Kier molecular flexibility index (Phi) is 3.05. The van der Waals surface area contributed by atoms with Crippen LogP contribution in [0.15, 0.2) is 0 Å². The van der Waals surface area contributed by atoms with Crippen LogP contribution in [0.2, 0.25) is 0 Å². The third kappa shape index (κ3) is 1.95. The standard InChI is InChI=1S/C8H17N3O/c1-8(7(12)9-2)6-10-4-3-5-11-8/h10-11H,3-6H2,1-2H3,(H,9,12). The van der Waals surface area contributed by atoms with Gasteiger partial charge in [-0.3, -0.25) is 4.79 Å². The van der Waals surface area contributed by atoms with Crippen molar-refractivity contribution in [1.29, 1.82) is 0 Å². The molecule has 1 amide bonds. The molecule has 1 rings (SSSR count). The first kappa shape index (κ1) is 9.48. The maximum atomic E-state index is 11.4. The fraction of sp³-hybridized carbons (Fsp3) is 0.875. The van der Waals surface area contributed by atoms with Gasteiger partial charge in [-0.1, -0.05) is 0 Å². The molecule has 70 valence electrons. The van der Waals surface area contributed by atoms with Crippen LogP contribution in [0.5, 0.6) is 0 Å². The molecule has 4 nitrogen and oxygen atoms in total. The van der Waals surface area contributed by atoms with Crippen LogP contribution < -0.4 is 16.0 Å². The molecule has 0 aromatic heterocycles. The molecule has 1 atom stereocenters. The summed E-state index contributed by atoms with van der Waals surface area (Å²) >= 11 is 0. The summed E-state index contributed by atoms with van der Waals surface area (Å²) in [7, 11) is 1.67. The second kappa shape index (κ2) is 3.87. The smallest absolute Gasteiger partial charge is 0.241 e. The van der Waals surface area contributed by atoms with Gasteiger partial charge in [0.15, 0.2) is 0 Å². The molecule has 4 heteroatoms. The third-order valence-corrected chi connectivity index (χ3v) is 2.25. The fourth-order valence-corrected chi connectivity index (χ4v) is 1.41.